The van der Waals surface area contributed by atoms with E-state index in [0.717, 1.165) is 37.0 Å². The fraction of sp³-hybridized carbons (Fsp3) is 0.381. The molecule has 0 saturated carbocycles. The highest BCUT2D eigenvalue weighted by molar-refractivity contribution is 5.92. The molecule has 1 saturated heterocycles. The lowest BCUT2D eigenvalue weighted by Crippen LogP contribution is -2.36. The second-order valence-corrected chi connectivity index (χ2v) is 7.44. The van der Waals surface area contributed by atoms with E-state index in [4.69, 9.17) is 4.52 Å². The Morgan fingerprint density at radius 3 is 2.93 bits per heavy atom. The van der Waals surface area contributed by atoms with Crippen LogP contribution in [0.3, 0.4) is 0 Å². The topological polar surface area (TPSA) is 62.5 Å². The van der Waals surface area contributed by atoms with E-state index in [1.165, 1.54) is 5.56 Å². The number of hydrogen-bond acceptors (Lipinski definition) is 5. The van der Waals surface area contributed by atoms with Gasteiger partial charge in [-0.05, 0) is 50.1 Å². The van der Waals surface area contributed by atoms with Gasteiger partial charge in [-0.2, -0.15) is 0 Å². The van der Waals surface area contributed by atoms with Crippen LogP contribution in [-0.2, 0) is 6.42 Å². The summed E-state index contributed by atoms with van der Waals surface area (Å²) in [5.74, 6) is 0.977. The Labute approximate surface area is 158 Å². The second-order valence-electron chi connectivity index (χ2n) is 7.44. The molecule has 1 atom stereocenters. The quantitative estimate of drug-likeness (QED) is 0.715. The molecular weight excluding hydrogens is 340 g/mol. The zero-order valence-electron chi connectivity index (χ0n) is 15.8. The van der Waals surface area contributed by atoms with Gasteiger partial charge in [0.05, 0.1) is 5.52 Å². The zero-order valence-corrected chi connectivity index (χ0v) is 15.8. The van der Waals surface area contributed by atoms with Gasteiger partial charge in [0.25, 0.3) is 5.91 Å². The third-order valence-corrected chi connectivity index (χ3v) is 5.13. The van der Waals surface area contributed by atoms with Gasteiger partial charge >= 0.3 is 0 Å². The molecule has 0 radical (unpaired) electrons. The summed E-state index contributed by atoms with van der Waals surface area (Å²) in [5.41, 5.74) is 2.69. The van der Waals surface area contributed by atoms with E-state index in [1.54, 1.807) is 13.0 Å². The number of benzene rings is 1. The molecule has 4 rings (SSSR count). The van der Waals surface area contributed by atoms with Gasteiger partial charge in [0.1, 0.15) is 5.76 Å². The first kappa shape index (κ1) is 17.7. The lowest BCUT2D eigenvalue weighted by atomic mass is 9.97. The molecule has 0 N–H and O–H groups in total. The van der Waals surface area contributed by atoms with Gasteiger partial charge in [-0.1, -0.05) is 17.3 Å². The first-order chi connectivity index (χ1) is 13.1. The number of likely N-dealkylation sites (N-methyl/N-ethyl adjacent to an activating group) is 1. The van der Waals surface area contributed by atoms with E-state index in [2.05, 4.69) is 46.4 Å². The first-order valence-electron chi connectivity index (χ1n) is 9.33. The fourth-order valence-corrected chi connectivity index (χ4v) is 3.81. The van der Waals surface area contributed by atoms with E-state index < -0.39 is 0 Å². The molecule has 1 aliphatic heterocycles. The number of fused-ring (bicyclic) bond motifs is 1. The molecule has 6 nitrogen and oxygen atoms in total. The number of pyridine rings is 1. The minimum Gasteiger partial charge on any atom is -0.361 e. The number of aryl methyl sites for hydroxylation is 1. The summed E-state index contributed by atoms with van der Waals surface area (Å²) in [5, 5.41) is 5.05. The highest BCUT2D eigenvalue weighted by Crippen LogP contribution is 2.20. The molecule has 0 aliphatic carbocycles. The summed E-state index contributed by atoms with van der Waals surface area (Å²) in [7, 11) is 2.12. The van der Waals surface area contributed by atoms with Crippen LogP contribution in [0.5, 0.6) is 0 Å². The maximum Gasteiger partial charge on any atom is 0.276 e. The molecule has 2 aromatic heterocycles. The minimum atomic E-state index is -0.0464. The van der Waals surface area contributed by atoms with E-state index in [0.29, 0.717) is 23.9 Å². The highest BCUT2D eigenvalue weighted by atomic mass is 16.5. The Hall–Kier alpha value is -2.73. The van der Waals surface area contributed by atoms with Crippen LogP contribution in [-0.4, -0.2) is 59.1 Å². The molecule has 1 aromatic carbocycles. The van der Waals surface area contributed by atoms with Crippen molar-refractivity contribution in [2.45, 2.75) is 13.3 Å². The van der Waals surface area contributed by atoms with Crippen molar-refractivity contribution in [3.63, 3.8) is 0 Å². The molecule has 3 heterocycles. The molecule has 1 amide bonds. The molecule has 1 fully saturated rings. The van der Waals surface area contributed by atoms with Crippen LogP contribution in [0.4, 0.5) is 0 Å². The van der Waals surface area contributed by atoms with Gasteiger partial charge in [0, 0.05) is 43.8 Å². The van der Waals surface area contributed by atoms with Crippen LogP contribution in [0.2, 0.25) is 0 Å². The van der Waals surface area contributed by atoms with Gasteiger partial charge < -0.3 is 14.3 Å². The van der Waals surface area contributed by atoms with Crippen molar-refractivity contribution < 1.29 is 9.32 Å². The Balaban J connectivity index is 1.52. The number of amides is 1. The number of carbonyl (C=O) groups excluding carboxylic acids is 1. The van der Waals surface area contributed by atoms with Gasteiger partial charge in [-0.3, -0.25) is 9.78 Å². The monoisotopic (exact) mass is 364 g/mol. The Bertz CT molecular complexity index is 952. The summed E-state index contributed by atoms with van der Waals surface area (Å²) in [4.78, 5) is 21.4. The average Bonchev–Trinajstić information content (AvgIpc) is 3.01. The molecule has 3 aromatic rings. The van der Waals surface area contributed by atoms with Crippen molar-refractivity contribution in [2.24, 2.45) is 5.92 Å². The minimum absolute atomic E-state index is 0.0464. The summed E-state index contributed by atoms with van der Waals surface area (Å²) in [6.07, 6.45) is 2.74. The molecule has 27 heavy (non-hydrogen) atoms. The third-order valence-electron chi connectivity index (χ3n) is 5.13. The lowest BCUT2D eigenvalue weighted by molar-refractivity contribution is 0.0736. The standard InChI is InChI=1S/C21H24N4O2/c1-15-10-20(23-27-15)21(26)25-9-8-24(2)13-17(14-25)11-16-5-6-19-18(12-16)4-3-7-22-19/h3-7,10,12,17H,8-9,11,13-14H2,1-2H3/t17-/m1/s1. The smallest absolute Gasteiger partial charge is 0.276 e. The van der Waals surface area contributed by atoms with Crippen LogP contribution < -0.4 is 0 Å². The zero-order chi connectivity index (χ0) is 18.8. The SMILES string of the molecule is Cc1cc(C(=O)N2CCN(C)C[C@@H](Cc3ccc4ncccc4c3)C2)no1. The van der Waals surface area contributed by atoms with Crippen LogP contribution in [0.25, 0.3) is 10.9 Å². The molecule has 6 heteroatoms. The third kappa shape index (κ3) is 4.01. The summed E-state index contributed by atoms with van der Waals surface area (Å²) < 4.78 is 5.08. The number of carbonyl (C=O) groups is 1. The van der Waals surface area contributed by atoms with Crippen LogP contribution in [0.1, 0.15) is 21.8 Å². The maximum absolute atomic E-state index is 12.8. The number of aromatic nitrogens is 2. The molecule has 0 spiro atoms. The van der Waals surface area contributed by atoms with Crippen molar-refractivity contribution in [2.75, 3.05) is 33.2 Å². The molecule has 1 aliphatic rings. The number of rotatable bonds is 3. The van der Waals surface area contributed by atoms with Gasteiger partial charge in [0.2, 0.25) is 0 Å². The van der Waals surface area contributed by atoms with Crippen LogP contribution >= 0.6 is 0 Å². The molecule has 0 bridgehead atoms. The Morgan fingerprint density at radius 1 is 1.22 bits per heavy atom. The molecule has 140 valence electrons. The highest BCUT2D eigenvalue weighted by Gasteiger charge is 2.26. The van der Waals surface area contributed by atoms with Crippen molar-refractivity contribution in [1.29, 1.82) is 0 Å². The normalized spacial score (nSPS) is 18.6. The van der Waals surface area contributed by atoms with E-state index in [-0.39, 0.29) is 5.91 Å². The van der Waals surface area contributed by atoms with Crippen LogP contribution in [0, 0.1) is 12.8 Å². The Morgan fingerprint density at radius 2 is 2.11 bits per heavy atom. The van der Waals surface area contributed by atoms with Gasteiger partial charge in [-0.15, -0.1) is 0 Å². The average molecular weight is 364 g/mol. The summed E-state index contributed by atoms with van der Waals surface area (Å²) in [6.45, 7) is 5.06. The number of hydrogen-bond donors (Lipinski definition) is 0. The largest absolute Gasteiger partial charge is 0.361 e. The molecule has 0 unspecified atom stereocenters. The second kappa shape index (κ2) is 7.48. The van der Waals surface area contributed by atoms with Crippen molar-refractivity contribution >= 4 is 16.8 Å². The van der Waals surface area contributed by atoms with Crippen molar-refractivity contribution in [3.8, 4) is 0 Å². The van der Waals surface area contributed by atoms with E-state index in [9.17, 15) is 4.79 Å². The van der Waals surface area contributed by atoms with E-state index in [1.807, 2.05) is 17.2 Å². The van der Waals surface area contributed by atoms with Crippen molar-refractivity contribution in [1.82, 2.24) is 19.9 Å². The lowest BCUT2D eigenvalue weighted by Gasteiger charge is -2.23. The predicted molar refractivity (Wildman–Crippen MR) is 104 cm³/mol. The van der Waals surface area contributed by atoms with E-state index >= 15 is 0 Å². The fourth-order valence-electron chi connectivity index (χ4n) is 3.81. The summed E-state index contributed by atoms with van der Waals surface area (Å²) >= 11 is 0. The summed E-state index contributed by atoms with van der Waals surface area (Å²) in [6, 6.07) is 12.2. The maximum atomic E-state index is 12.8. The number of nitrogens with zero attached hydrogens (tertiary/aromatic N) is 4. The van der Waals surface area contributed by atoms with Crippen LogP contribution in [0.15, 0.2) is 47.1 Å². The Kier molecular flexibility index (Phi) is 4.90. The van der Waals surface area contributed by atoms with Gasteiger partial charge in [-0.25, -0.2) is 0 Å². The predicted octanol–water partition coefficient (Wildman–Crippen LogP) is 2.78. The van der Waals surface area contributed by atoms with Crippen molar-refractivity contribution in [3.05, 3.63) is 59.6 Å². The first-order valence-corrected chi connectivity index (χ1v) is 9.33. The van der Waals surface area contributed by atoms with Gasteiger partial charge in [0.15, 0.2) is 5.69 Å². The molecular formula is C21H24N4O2.